The maximum Gasteiger partial charge on any atom is 0.244 e. The highest BCUT2D eigenvalue weighted by atomic mass is 16.5. The number of methoxy groups -OCH3 is 4. The molecule has 0 heterocycles. The van der Waals surface area contributed by atoms with E-state index in [0.717, 1.165) is 11.1 Å². The van der Waals surface area contributed by atoms with Gasteiger partial charge < -0.3 is 29.4 Å². The zero-order chi connectivity index (χ0) is 19.8. The fourth-order valence-corrected chi connectivity index (χ4v) is 2.45. The van der Waals surface area contributed by atoms with Gasteiger partial charge in [0.05, 0.1) is 28.4 Å². The van der Waals surface area contributed by atoms with Crippen molar-refractivity contribution in [3.8, 4) is 28.7 Å². The number of hydrogen-bond acceptors (Lipinski definition) is 6. The first-order chi connectivity index (χ1) is 13.0. The molecule has 144 valence electrons. The SMILES string of the molecule is COc1cc(CNC(=O)/C=C/c2cc(OC)c(OC)c(OC)c2)ccc1O. The Hall–Kier alpha value is -3.35. The molecule has 0 spiro atoms. The highest BCUT2D eigenvalue weighted by Crippen LogP contribution is 2.38. The average Bonchev–Trinajstić information content (AvgIpc) is 2.70. The number of carbonyl (C=O) groups is 1. The fourth-order valence-electron chi connectivity index (χ4n) is 2.45. The van der Waals surface area contributed by atoms with Crippen LogP contribution < -0.4 is 24.3 Å². The number of benzene rings is 2. The third-order valence-corrected chi connectivity index (χ3v) is 3.83. The van der Waals surface area contributed by atoms with Gasteiger partial charge in [-0.2, -0.15) is 0 Å². The molecule has 0 fully saturated rings. The predicted molar refractivity (Wildman–Crippen MR) is 102 cm³/mol. The van der Waals surface area contributed by atoms with Gasteiger partial charge in [0.2, 0.25) is 11.7 Å². The second-order valence-electron chi connectivity index (χ2n) is 5.52. The Morgan fingerprint density at radius 3 is 2.15 bits per heavy atom. The molecule has 0 radical (unpaired) electrons. The number of nitrogens with one attached hydrogen (secondary N) is 1. The van der Waals surface area contributed by atoms with Crippen molar-refractivity contribution in [1.29, 1.82) is 0 Å². The van der Waals surface area contributed by atoms with E-state index in [0.29, 0.717) is 29.5 Å². The summed E-state index contributed by atoms with van der Waals surface area (Å²) in [5.74, 6) is 1.64. The lowest BCUT2D eigenvalue weighted by Crippen LogP contribution is -2.20. The smallest absolute Gasteiger partial charge is 0.244 e. The van der Waals surface area contributed by atoms with Crippen LogP contribution in [0, 0.1) is 0 Å². The van der Waals surface area contributed by atoms with Gasteiger partial charge in [-0.1, -0.05) is 6.07 Å². The minimum atomic E-state index is -0.268. The number of carbonyl (C=O) groups excluding carboxylic acids is 1. The van der Waals surface area contributed by atoms with Crippen molar-refractivity contribution < 1.29 is 28.8 Å². The summed E-state index contributed by atoms with van der Waals surface area (Å²) in [6.45, 7) is 0.301. The van der Waals surface area contributed by atoms with Crippen molar-refractivity contribution in [2.75, 3.05) is 28.4 Å². The van der Waals surface area contributed by atoms with Crippen LogP contribution in [0.3, 0.4) is 0 Å². The summed E-state index contributed by atoms with van der Waals surface area (Å²) >= 11 is 0. The maximum atomic E-state index is 12.1. The fraction of sp³-hybridized carbons (Fsp3) is 0.250. The molecule has 2 rings (SSSR count). The van der Waals surface area contributed by atoms with Crippen LogP contribution in [-0.4, -0.2) is 39.5 Å². The van der Waals surface area contributed by atoms with E-state index in [4.69, 9.17) is 18.9 Å². The molecule has 27 heavy (non-hydrogen) atoms. The van der Waals surface area contributed by atoms with Gasteiger partial charge in [0.25, 0.3) is 0 Å². The Kier molecular flexibility index (Phi) is 6.93. The highest BCUT2D eigenvalue weighted by molar-refractivity contribution is 5.91. The molecule has 2 aromatic carbocycles. The third kappa shape index (κ3) is 5.07. The lowest BCUT2D eigenvalue weighted by atomic mass is 10.1. The Morgan fingerprint density at radius 1 is 0.963 bits per heavy atom. The summed E-state index contributed by atoms with van der Waals surface area (Å²) in [6, 6.07) is 8.39. The first-order valence-electron chi connectivity index (χ1n) is 8.14. The topological polar surface area (TPSA) is 86.3 Å². The largest absolute Gasteiger partial charge is 0.504 e. The van der Waals surface area contributed by atoms with Crippen LogP contribution in [-0.2, 0) is 11.3 Å². The summed E-state index contributed by atoms with van der Waals surface area (Å²) in [5, 5.41) is 12.4. The number of hydrogen-bond donors (Lipinski definition) is 2. The zero-order valence-electron chi connectivity index (χ0n) is 15.7. The average molecular weight is 373 g/mol. The van der Waals surface area contributed by atoms with E-state index in [1.54, 1.807) is 30.3 Å². The van der Waals surface area contributed by atoms with Crippen LogP contribution >= 0.6 is 0 Å². The molecule has 1 amide bonds. The van der Waals surface area contributed by atoms with Crippen molar-refractivity contribution in [2.24, 2.45) is 0 Å². The van der Waals surface area contributed by atoms with Crippen molar-refractivity contribution in [2.45, 2.75) is 6.54 Å². The van der Waals surface area contributed by atoms with E-state index >= 15 is 0 Å². The lowest BCUT2D eigenvalue weighted by Gasteiger charge is -2.12. The normalized spacial score (nSPS) is 10.5. The third-order valence-electron chi connectivity index (χ3n) is 3.83. The number of phenols is 1. The second-order valence-corrected chi connectivity index (χ2v) is 5.52. The molecule has 7 nitrogen and oxygen atoms in total. The van der Waals surface area contributed by atoms with Gasteiger partial charge >= 0.3 is 0 Å². The van der Waals surface area contributed by atoms with Crippen molar-refractivity contribution in [1.82, 2.24) is 5.32 Å². The summed E-state index contributed by atoms with van der Waals surface area (Å²) in [6.07, 6.45) is 3.07. The van der Waals surface area contributed by atoms with E-state index < -0.39 is 0 Å². The minimum absolute atomic E-state index is 0.0508. The van der Waals surface area contributed by atoms with Gasteiger partial charge in [-0.25, -0.2) is 0 Å². The summed E-state index contributed by atoms with van der Waals surface area (Å²) < 4.78 is 20.9. The molecular weight excluding hydrogens is 350 g/mol. The van der Waals surface area contributed by atoms with Crippen molar-refractivity contribution >= 4 is 12.0 Å². The first-order valence-corrected chi connectivity index (χ1v) is 8.14. The molecule has 0 saturated carbocycles. The summed E-state index contributed by atoms with van der Waals surface area (Å²) in [4.78, 5) is 12.1. The maximum absolute atomic E-state index is 12.1. The number of rotatable bonds is 8. The molecule has 2 N–H and O–H groups in total. The van der Waals surface area contributed by atoms with Gasteiger partial charge in [0, 0.05) is 12.6 Å². The van der Waals surface area contributed by atoms with Gasteiger partial charge in [-0.3, -0.25) is 4.79 Å². The summed E-state index contributed by atoms with van der Waals surface area (Å²) in [5.41, 5.74) is 1.53. The van der Waals surface area contributed by atoms with E-state index in [1.165, 1.54) is 40.6 Å². The Labute approximate surface area is 158 Å². The molecule has 0 bridgehead atoms. The molecule has 0 aromatic heterocycles. The lowest BCUT2D eigenvalue weighted by molar-refractivity contribution is -0.116. The van der Waals surface area contributed by atoms with Gasteiger partial charge in [0.1, 0.15) is 0 Å². The van der Waals surface area contributed by atoms with Gasteiger partial charge in [-0.15, -0.1) is 0 Å². The van der Waals surface area contributed by atoms with Crippen LogP contribution in [0.2, 0.25) is 0 Å². The summed E-state index contributed by atoms with van der Waals surface area (Å²) in [7, 11) is 6.06. The Bertz CT molecular complexity index is 806. The van der Waals surface area contributed by atoms with Gasteiger partial charge in [0.15, 0.2) is 23.0 Å². The molecule has 0 saturated heterocycles. The molecule has 0 atom stereocenters. The predicted octanol–water partition coefficient (Wildman–Crippen LogP) is 2.76. The first kappa shape index (κ1) is 20.0. The van der Waals surface area contributed by atoms with E-state index in [-0.39, 0.29) is 11.7 Å². The van der Waals surface area contributed by atoms with Crippen LogP contribution in [0.15, 0.2) is 36.4 Å². The number of amides is 1. The molecular formula is C20H23NO6. The Morgan fingerprint density at radius 2 is 1.59 bits per heavy atom. The zero-order valence-corrected chi connectivity index (χ0v) is 15.7. The molecule has 0 aliphatic heterocycles. The molecule has 0 aliphatic carbocycles. The molecule has 2 aromatic rings. The van der Waals surface area contributed by atoms with E-state index in [9.17, 15) is 9.90 Å². The quantitative estimate of drug-likeness (QED) is 0.692. The molecule has 0 aliphatic rings. The van der Waals surface area contributed by atoms with Crippen LogP contribution in [0.5, 0.6) is 28.7 Å². The monoisotopic (exact) mass is 373 g/mol. The van der Waals surface area contributed by atoms with E-state index in [2.05, 4.69) is 5.32 Å². The number of phenolic OH excluding ortho intramolecular Hbond substituents is 1. The van der Waals surface area contributed by atoms with E-state index in [1.807, 2.05) is 0 Å². The molecule has 7 heteroatoms. The molecule has 0 unspecified atom stereocenters. The van der Waals surface area contributed by atoms with Crippen LogP contribution in [0.1, 0.15) is 11.1 Å². The van der Waals surface area contributed by atoms with Gasteiger partial charge in [-0.05, 0) is 41.5 Å². The highest BCUT2D eigenvalue weighted by Gasteiger charge is 2.12. The van der Waals surface area contributed by atoms with Crippen LogP contribution in [0.4, 0.5) is 0 Å². The van der Waals surface area contributed by atoms with Crippen molar-refractivity contribution in [3.05, 3.63) is 47.5 Å². The number of ether oxygens (including phenoxy) is 4. The number of aromatic hydroxyl groups is 1. The minimum Gasteiger partial charge on any atom is -0.504 e. The van der Waals surface area contributed by atoms with Crippen LogP contribution in [0.25, 0.3) is 6.08 Å². The second kappa shape index (κ2) is 9.38. The standard InChI is InChI=1S/C20H23NO6/c1-24-16-11-14(5-7-15(16)22)12-21-19(23)8-6-13-9-17(25-2)20(27-4)18(10-13)26-3/h5-11,22H,12H2,1-4H3,(H,21,23)/b8-6+. The van der Waals surface area contributed by atoms with Crippen molar-refractivity contribution in [3.63, 3.8) is 0 Å². The Balaban J connectivity index is 2.06.